The summed E-state index contributed by atoms with van der Waals surface area (Å²) in [5.74, 6) is 0. The third kappa shape index (κ3) is 6.50. The van der Waals surface area contributed by atoms with Crippen LogP contribution in [0.5, 0.6) is 0 Å². The van der Waals surface area contributed by atoms with Crippen molar-refractivity contribution < 1.29 is 25.8 Å². The van der Waals surface area contributed by atoms with Crippen molar-refractivity contribution in [2.45, 2.75) is 47.0 Å². The van der Waals surface area contributed by atoms with Crippen LogP contribution in [0.3, 0.4) is 0 Å². The molecule has 0 amide bonds. The van der Waals surface area contributed by atoms with E-state index in [-0.39, 0.29) is 46.1 Å². The minimum atomic E-state index is -0.190. The van der Waals surface area contributed by atoms with Crippen LogP contribution < -0.4 is 0 Å². The van der Waals surface area contributed by atoms with Gasteiger partial charge in [0.05, 0.1) is 0 Å². The van der Waals surface area contributed by atoms with Crippen LogP contribution in [0.1, 0.15) is 47.2 Å². The predicted molar refractivity (Wildman–Crippen MR) is 225 cm³/mol. The van der Waals surface area contributed by atoms with Crippen molar-refractivity contribution in [3.8, 4) is 44.5 Å². The molecule has 0 heterocycles. The number of hydrogen-bond acceptors (Lipinski definition) is 0. The molecule has 0 nitrogen and oxygen atoms in total. The predicted octanol–water partition coefficient (Wildman–Crippen LogP) is 14.6. The van der Waals surface area contributed by atoms with Crippen molar-refractivity contribution in [1.29, 1.82) is 0 Å². The Morgan fingerprint density at radius 2 is 0.692 bits per heavy atom. The van der Waals surface area contributed by atoms with E-state index in [4.69, 9.17) is 0 Å². The molecule has 256 valence electrons. The second kappa shape index (κ2) is 15.2. The summed E-state index contributed by atoms with van der Waals surface area (Å²) in [6, 6.07) is 54.3. The zero-order chi connectivity index (χ0) is 33.9. The van der Waals surface area contributed by atoms with E-state index in [1.807, 2.05) is 0 Å². The van der Waals surface area contributed by atoms with Gasteiger partial charge in [0, 0.05) is 0 Å². The van der Waals surface area contributed by atoms with Crippen LogP contribution in [0, 0.1) is 42.5 Å². The molecule has 0 bridgehead atoms. The number of rotatable bonds is 6. The summed E-state index contributed by atoms with van der Waals surface area (Å²) < 4.78 is 0. The van der Waals surface area contributed by atoms with E-state index in [9.17, 15) is 0 Å². The molecule has 0 aliphatic carbocycles. The van der Waals surface area contributed by atoms with Gasteiger partial charge in [0.2, 0.25) is 0 Å². The largest absolute Gasteiger partial charge is 4.00 e. The van der Waals surface area contributed by atoms with Crippen molar-refractivity contribution in [2.24, 2.45) is 0 Å². The Balaban J connectivity index is 0.00000174. The number of benzene rings is 6. The van der Waals surface area contributed by atoms with Gasteiger partial charge in [-0.15, -0.1) is 69.1 Å². The van der Waals surface area contributed by atoms with E-state index in [0.717, 1.165) is 0 Å². The van der Waals surface area contributed by atoms with Crippen molar-refractivity contribution in [3.05, 3.63) is 194 Å². The van der Waals surface area contributed by atoms with Gasteiger partial charge in [-0.1, -0.05) is 122 Å². The molecule has 52 heavy (non-hydrogen) atoms. The molecule has 0 spiro atoms. The quantitative estimate of drug-likeness (QED) is 0.116. The Bertz CT molecular complexity index is 2300. The third-order valence-electron chi connectivity index (χ3n) is 10.9. The minimum absolute atomic E-state index is 0. The van der Waals surface area contributed by atoms with Crippen molar-refractivity contribution in [1.82, 2.24) is 0 Å². The smallest absolute Gasteiger partial charge is 0.358 e. The summed E-state index contributed by atoms with van der Waals surface area (Å²) >= 11 is 0. The molecule has 0 atom stereocenters. The van der Waals surface area contributed by atoms with Crippen LogP contribution in [-0.4, -0.2) is 0 Å². The molecule has 0 radical (unpaired) electrons. The minimum Gasteiger partial charge on any atom is -0.358 e. The van der Waals surface area contributed by atoms with E-state index < -0.39 is 0 Å². The molecule has 8 aromatic rings. The maximum absolute atomic E-state index is 2.45. The van der Waals surface area contributed by atoms with Gasteiger partial charge in [-0.25, -0.2) is 0 Å². The van der Waals surface area contributed by atoms with Crippen LogP contribution in [0.4, 0.5) is 0 Å². The van der Waals surface area contributed by atoms with Crippen molar-refractivity contribution in [3.63, 3.8) is 0 Å². The molecule has 0 aromatic heterocycles. The van der Waals surface area contributed by atoms with Gasteiger partial charge >= 0.3 is 25.8 Å². The fraction of sp³-hybridized carbons (Fsp3) is 0.137. The molecule has 8 aromatic carbocycles. The van der Waals surface area contributed by atoms with E-state index in [0.29, 0.717) is 0 Å². The molecule has 0 aliphatic heterocycles. The average molecular weight is 839 g/mol. The molecule has 8 rings (SSSR count). The molecule has 1 heteroatoms. The Morgan fingerprint density at radius 1 is 0.385 bits per heavy atom. The van der Waals surface area contributed by atoms with Crippen LogP contribution in [-0.2, 0) is 31.3 Å². The van der Waals surface area contributed by atoms with Crippen LogP contribution in [0.25, 0.3) is 66.1 Å². The van der Waals surface area contributed by atoms with Gasteiger partial charge in [-0.2, -0.15) is 12.1 Å². The topological polar surface area (TPSA) is 0 Å². The standard InChI is InChI=1S/C49H42.2CH3.Hf/c1-31-15-11-16-32(2)47(31)43-23-9-7-21-39(43)41-25-13-19-35-27-37(29-45(35)41)49(5,6)38-28-36-20-14-26-42(46(36)30-38)40-22-8-10-24-44(40)48-33(3)17-12-18-34(48)4;;;/h7-30H,1-6H3;2*1H3;/q-2;2*-1;+4. The first kappa shape index (κ1) is 38.6. The summed E-state index contributed by atoms with van der Waals surface area (Å²) in [5.41, 5.74) is 18.1. The van der Waals surface area contributed by atoms with Gasteiger partial charge in [-0.3, -0.25) is 0 Å². The molecule has 0 N–H and O–H groups in total. The number of aryl methyl sites for hydroxylation is 4. The second-order valence-corrected chi connectivity index (χ2v) is 14.4. The van der Waals surface area contributed by atoms with E-state index in [1.165, 1.54) is 99.4 Å². The van der Waals surface area contributed by atoms with Crippen LogP contribution in [0.15, 0.2) is 146 Å². The van der Waals surface area contributed by atoms with Gasteiger partial charge in [0.1, 0.15) is 0 Å². The molecule has 0 aliphatic rings. The Morgan fingerprint density at radius 3 is 1.06 bits per heavy atom. The fourth-order valence-corrected chi connectivity index (χ4v) is 8.18. The average Bonchev–Trinajstić information content (AvgIpc) is 3.75. The van der Waals surface area contributed by atoms with E-state index >= 15 is 0 Å². The monoisotopic (exact) mass is 840 g/mol. The first-order chi connectivity index (χ1) is 23.7. The Labute approximate surface area is 330 Å². The molecule has 0 saturated heterocycles. The summed E-state index contributed by atoms with van der Waals surface area (Å²) in [4.78, 5) is 0. The van der Waals surface area contributed by atoms with E-state index in [1.54, 1.807) is 0 Å². The van der Waals surface area contributed by atoms with Crippen molar-refractivity contribution in [2.75, 3.05) is 0 Å². The summed E-state index contributed by atoms with van der Waals surface area (Å²) in [5, 5.41) is 5.19. The number of fused-ring (bicyclic) bond motifs is 2. The number of hydrogen-bond donors (Lipinski definition) is 0. The molecule has 0 saturated carbocycles. The third-order valence-corrected chi connectivity index (χ3v) is 10.9. The van der Waals surface area contributed by atoms with Gasteiger partial charge in [0.25, 0.3) is 0 Å². The van der Waals surface area contributed by atoms with Gasteiger partial charge in [-0.05, 0) is 88.7 Å². The summed E-state index contributed by atoms with van der Waals surface area (Å²) in [6.45, 7) is 13.6. The molecule has 0 fully saturated rings. The van der Waals surface area contributed by atoms with Crippen LogP contribution >= 0.6 is 0 Å². The molecular weight excluding hydrogens is 791 g/mol. The maximum atomic E-state index is 2.45. The summed E-state index contributed by atoms with van der Waals surface area (Å²) in [7, 11) is 0. The van der Waals surface area contributed by atoms with E-state index in [2.05, 4.69) is 187 Å². The zero-order valence-electron chi connectivity index (χ0n) is 31.9. The van der Waals surface area contributed by atoms with Gasteiger partial charge in [0.15, 0.2) is 0 Å². The second-order valence-electron chi connectivity index (χ2n) is 14.4. The van der Waals surface area contributed by atoms with Crippen LogP contribution in [0.2, 0.25) is 0 Å². The Hall–Kier alpha value is -4.59. The molecular formula is C51H48Hf. The van der Waals surface area contributed by atoms with Gasteiger partial charge < -0.3 is 14.9 Å². The zero-order valence-corrected chi connectivity index (χ0v) is 35.4. The Kier molecular flexibility index (Phi) is 11.3. The summed E-state index contributed by atoms with van der Waals surface area (Å²) in [6.07, 6.45) is 0. The van der Waals surface area contributed by atoms with Crippen molar-refractivity contribution >= 4 is 21.5 Å². The molecule has 0 unspecified atom stereocenters. The first-order valence-electron chi connectivity index (χ1n) is 17.4. The fourth-order valence-electron chi connectivity index (χ4n) is 8.18. The maximum Gasteiger partial charge on any atom is 4.00 e. The first-order valence-corrected chi connectivity index (χ1v) is 17.4. The normalized spacial score (nSPS) is 11.2. The SMILES string of the molecule is Cc1cccc(C)c1-c1ccccc1-c1cccc2[cH-]c(C(C)(C)c3cc4c(-c5ccccc5-c5c(C)cccc5C)cccc4[cH-]3)cc12.[CH3-].[CH3-].[Hf+4].